The van der Waals surface area contributed by atoms with Gasteiger partial charge in [0.2, 0.25) is 0 Å². The van der Waals surface area contributed by atoms with Gasteiger partial charge in [0.05, 0.1) is 29.6 Å². The Hall–Kier alpha value is -4.77. The lowest BCUT2D eigenvalue weighted by Crippen LogP contribution is -2.81. The molecular formula is C43H51F2NO13. The molecule has 0 unspecified atom stereocenters. The van der Waals surface area contributed by atoms with Gasteiger partial charge in [0.25, 0.3) is 0 Å². The standard InChI is InChI=1S/C43H51F2NO13/c1-22-26(56-36(52)43(44,45)32(24-15-11-9-12-16-24)46-37(53)59-38(3,4)5)20-42(54)34(57-35(51)25-17-13-10-14-18-25)31-40(8,33(50)30(49)29(22)39(42,6)7)27(48)19-28-41(31,21-55-28)58-23(2)47/h9-18,26-28,30-32,34,48-49,54H,19-21H2,1-8H3,(H,46,53)/t26-,27-,28+,30+,31-,32+,34-,40+,41-,42+/m0/s1. The molecule has 2 aromatic rings. The van der Waals surface area contributed by atoms with Crippen molar-refractivity contribution in [1.82, 2.24) is 5.32 Å². The van der Waals surface area contributed by atoms with E-state index in [1.807, 2.05) is 0 Å². The van der Waals surface area contributed by atoms with Crippen LogP contribution in [0.5, 0.6) is 0 Å². The smallest absolute Gasteiger partial charge is 0.408 e. The van der Waals surface area contributed by atoms with Crippen LogP contribution in [-0.4, -0.2) is 105 Å². The number of Topliss-reactive ketones (excluding diaryl/α,β-unsaturated/α-hetero) is 1. The molecule has 59 heavy (non-hydrogen) atoms. The summed E-state index contributed by atoms with van der Waals surface area (Å²) < 4.78 is 62.0. The second-order valence-electron chi connectivity index (χ2n) is 17.7. The molecule has 4 aliphatic rings. The lowest BCUT2D eigenvalue weighted by atomic mass is 9.44. The maximum absolute atomic E-state index is 16.6. The van der Waals surface area contributed by atoms with E-state index in [0.29, 0.717) is 0 Å². The number of alkyl halides is 2. The highest BCUT2D eigenvalue weighted by Gasteiger charge is 2.78. The molecule has 320 valence electrons. The minimum Gasteiger partial charge on any atom is -0.455 e. The summed E-state index contributed by atoms with van der Waals surface area (Å²) in [7, 11) is 0. The summed E-state index contributed by atoms with van der Waals surface area (Å²) in [5.74, 6) is -11.1. The second kappa shape index (κ2) is 15.0. The number of aliphatic hydroxyl groups excluding tert-OH is 2. The van der Waals surface area contributed by atoms with Crippen molar-refractivity contribution in [2.75, 3.05) is 6.61 Å². The van der Waals surface area contributed by atoms with E-state index in [9.17, 15) is 39.3 Å². The van der Waals surface area contributed by atoms with E-state index in [1.165, 1.54) is 84.9 Å². The average Bonchev–Trinajstić information content (AvgIpc) is 3.15. The number of hydrogen-bond acceptors (Lipinski definition) is 13. The summed E-state index contributed by atoms with van der Waals surface area (Å²) in [4.78, 5) is 68.6. The lowest BCUT2D eigenvalue weighted by Gasteiger charge is -2.67. The van der Waals surface area contributed by atoms with Crippen molar-refractivity contribution in [2.45, 2.75) is 128 Å². The first kappa shape index (κ1) is 43.8. The van der Waals surface area contributed by atoms with Crippen LogP contribution >= 0.6 is 0 Å². The molecule has 2 saturated carbocycles. The Kier molecular flexibility index (Phi) is 11.2. The molecule has 2 bridgehead atoms. The van der Waals surface area contributed by atoms with Crippen LogP contribution < -0.4 is 5.32 Å². The number of rotatable bonds is 8. The van der Waals surface area contributed by atoms with Crippen molar-refractivity contribution in [2.24, 2.45) is 16.7 Å². The topological polar surface area (TPSA) is 204 Å². The molecule has 1 saturated heterocycles. The molecule has 0 aromatic heterocycles. The number of esters is 3. The molecule has 3 fully saturated rings. The Morgan fingerprint density at radius 2 is 1.54 bits per heavy atom. The molecule has 4 N–H and O–H groups in total. The summed E-state index contributed by atoms with van der Waals surface area (Å²) in [6, 6.07) is 12.2. The van der Waals surface area contributed by atoms with Gasteiger partial charge in [-0.05, 0) is 63.5 Å². The quantitative estimate of drug-likeness (QED) is 0.164. The number of ether oxygens (including phenoxy) is 5. The van der Waals surface area contributed by atoms with E-state index < -0.39 is 112 Å². The number of alkyl carbamates (subject to hydrolysis) is 1. The molecule has 14 nitrogen and oxygen atoms in total. The maximum Gasteiger partial charge on any atom is 0.408 e. The predicted molar refractivity (Wildman–Crippen MR) is 203 cm³/mol. The van der Waals surface area contributed by atoms with Gasteiger partial charge in [-0.3, -0.25) is 9.59 Å². The van der Waals surface area contributed by atoms with E-state index in [1.54, 1.807) is 24.3 Å². The van der Waals surface area contributed by atoms with Crippen LogP contribution in [-0.2, 0) is 38.1 Å². The third kappa shape index (κ3) is 7.21. The minimum atomic E-state index is -4.50. The minimum absolute atomic E-state index is 0.0122. The van der Waals surface area contributed by atoms with Crippen molar-refractivity contribution >= 4 is 29.8 Å². The van der Waals surface area contributed by atoms with Crippen LogP contribution in [0.3, 0.4) is 0 Å². The van der Waals surface area contributed by atoms with Gasteiger partial charge < -0.3 is 44.3 Å². The molecule has 0 radical (unpaired) electrons. The number of carbonyl (C=O) groups is 5. The zero-order valence-corrected chi connectivity index (χ0v) is 34.1. The molecule has 1 amide bonds. The third-order valence-corrected chi connectivity index (χ3v) is 12.6. The number of fused-ring (bicyclic) bond motifs is 5. The zero-order chi connectivity index (χ0) is 43.7. The first-order valence-electron chi connectivity index (χ1n) is 19.4. The fraction of sp³-hybridized carbons (Fsp3) is 0.558. The predicted octanol–water partition coefficient (Wildman–Crippen LogP) is 4.53. The van der Waals surface area contributed by atoms with Gasteiger partial charge in [-0.25, -0.2) is 14.4 Å². The fourth-order valence-corrected chi connectivity index (χ4v) is 9.55. The fourth-order valence-electron chi connectivity index (χ4n) is 9.55. The Labute approximate surface area is 340 Å². The van der Waals surface area contributed by atoms with Crippen LogP contribution in [0.2, 0.25) is 0 Å². The highest BCUT2D eigenvalue weighted by Crippen LogP contribution is 2.64. The molecule has 1 heterocycles. The van der Waals surface area contributed by atoms with Crippen molar-refractivity contribution < 1.29 is 71.8 Å². The van der Waals surface area contributed by atoms with Gasteiger partial charge in [0.15, 0.2) is 11.4 Å². The zero-order valence-electron chi connectivity index (χ0n) is 34.1. The number of carbonyl (C=O) groups excluding carboxylic acids is 5. The van der Waals surface area contributed by atoms with E-state index in [4.69, 9.17) is 23.7 Å². The Balaban J connectivity index is 1.51. The maximum atomic E-state index is 16.6. The molecule has 3 aliphatic carbocycles. The molecular weight excluding hydrogens is 776 g/mol. The second-order valence-corrected chi connectivity index (χ2v) is 17.7. The van der Waals surface area contributed by atoms with Crippen molar-refractivity contribution in [3.63, 3.8) is 0 Å². The van der Waals surface area contributed by atoms with Crippen LogP contribution in [0, 0.1) is 16.7 Å². The van der Waals surface area contributed by atoms with Gasteiger partial charge in [-0.1, -0.05) is 62.4 Å². The number of benzene rings is 2. The van der Waals surface area contributed by atoms with E-state index in [0.717, 1.165) is 6.92 Å². The van der Waals surface area contributed by atoms with Crippen LogP contribution in [0.4, 0.5) is 13.6 Å². The van der Waals surface area contributed by atoms with Gasteiger partial charge in [-0.2, -0.15) is 8.78 Å². The molecule has 2 aromatic carbocycles. The molecule has 16 heteroatoms. The number of nitrogens with one attached hydrogen (secondary N) is 1. The van der Waals surface area contributed by atoms with Crippen molar-refractivity contribution in [1.29, 1.82) is 0 Å². The van der Waals surface area contributed by atoms with Crippen LogP contribution in [0.1, 0.15) is 90.2 Å². The third-order valence-electron chi connectivity index (χ3n) is 12.6. The highest BCUT2D eigenvalue weighted by atomic mass is 19.3. The highest BCUT2D eigenvalue weighted by molar-refractivity contribution is 5.94. The largest absolute Gasteiger partial charge is 0.455 e. The Bertz CT molecular complexity index is 2030. The molecule has 0 spiro atoms. The number of amides is 1. The average molecular weight is 828 g/mol. The summed E-state index contributed by atoms with van der Waals surface area (Å²) >= 11 is 0. The van der Waals surface area contributed by atoms with E-state index >= 15 is 8.78 Å². The first-order chi connectivity index (χ1) is 27.3. The van der Waals surface area contributed by atoms with Gasteiger partial charge in [0, 0.05) is 25.2 Å². The SMILES string of the molecule is CC(=O)O[C@@]12CO[C@@H]1C[C@H](O)[C@@]1(C)C(=O)[C@H](O)C3=C(C)[C@@H](OC(=O)C(F)(F)[C@H](NC(=O)OC(C)(C)C)c4ccccc4)C[C@@](O)([C@@H](OC(=O)c4ccccc4)[C@H]21)C3(C)C. The molecule has 6 rings (SSSR count). The van der Waals surface area contributed by atoms with E-state index in [-0.39, 0.29) is 35.3 Å². The Morgan fingerprint density at radius 3 is 2.08 bits per heavy atom. The van der Waals surface area contributed by atoms with Gasteiger partial charge >= 0.3 is 29.9 Å². The Morgan fingerprint density at radius 1 is 0.949 bits per heavy atom. The van der Waals surface area contributed by atoms with Crippen molar-refractivity contribution in [3.8, 4) is 0 Å². The molecule has 10 atom stereocenters. The van der Waals surface area contributed by atoms with Gasteiger partial charge in [0.1, 0.15) is 41.7 Å². The first-order valence-corrected chi connectivity index (χ1v) is 19.4. The monoisotopic (exact) mass is 827 g/mol. The van der Waals surface area contributed by atoms with E-state index in [2.05, 4.69) is 5.32 Å². The van der Waals surface area contributed by atoms with Crippen LogP contribution in [0.15, 0.2) is 71.8 Å². The summed E-state index contributed by atoms with van der Waals surface area (Å²) in [6.07, 6.45) is -10.8. The molecule has 1 aliphatic heterocycles. The van der Waals surface area contributed by atoms with Crippen LogP contribution in [0.25, 0.3) is 0 Å². The van der Waals surface area contributed by atoms with Gasteiger partial charge in [-0.15, -0.1) is 0 Å². The summed E-state index contributed by atoms with van der Waals surface area (Å²) in [6.45, 7) is 10.9. The lowest BCUT2D eigenvalue weighted by molar-refractivity contribution is -0.346. The van der Waals surface area contributed by atoms with Crippen molar-refractivity contribution in [3.05, 3.63) is 82.9 Å². The number of aliphatic hydroxyl groups is 3. The number of halogens is 2. The summed E-state index contributed by atoms with van der Waals surface area (Å²) in [5, 5.41) is 39.4. The number of hydrogen-bond donors (Lipinski definition) is 4. The number of ketones is 1. The summed E-state index contributed by atoms with van der Waals surface area (Å²) in [5.41, 5.74) is -9.77. The normalized spacial score (nSPS) is 33.1.